The fourth-order valence-electron chi connectivity index (χ4n) is 2.55. The molecule has 0 aromatic carbocycles. The van der Waals surface area contributed by atoms with Gasteiger partial charge in [0.05, 0.1) is 13.2 Å². The van der Waals surface area contributed by atoms with Crippen molar-refractivity contribution >= 4 is 5.91 Å². The highest BCUT2D eigenvalue weighted by atomic mass is 16.5. The molecule has 2 rings (SSSR count). The first-order valence-corrected chi connectivity index (χ1v) is 7.44. The second kappa shape index (κ2) is 8.07. The Kier molecular flexibility index (Phi) is 6.11. The molecule has 0 unspecified atom stereocenters. The monoisotopic (exact) mass is 309 g/mol. The van der Waals surface area contributed by atoms with Gasteiger partial charge in [-0.3, -0.25) is 14.7 Å². The van der Waals surface area contributed by atoms with Gasteiger partial charge in [-0.05, 0) is 12.5 Å². The Morgan fingerprint density at radius 2 is 2.27 bits per heavy atom. The molecule has 1 fully saturated rings. The molecule has 7 heteroatoms. The molecule has 0 aliphatic carbocycles. The zero-order valence-corrected chi connectivity index (χ0v) is 12.8. The molecule has 1 aromatic rings. The van der Waals surface area contributed by atoms with E-state index in [0.29, 0.717) is 44.0 Å². The van der Waals surface area contributed by atoms with Crippen LogP contribution in [-0.2, 0) is 0 Å². The van der Waals surface area contributed by atoms with Crippen LogP contribution in [0, 0.1) is 0 Å². The van der Waals surface area contributed by atoms with Crippen molar-refractivity contribution in [3.63, 3.8) is 0 Å². The molecule has 1 amide bonds. The van der Waals surface area contributed by atoms with Crippen LogP contribution in [-0.4, -0.2) is 83.4 Å². The highest BCUT2D eigenvalue weighted by molar-refractivity contribution is 5.92. The van der Waals surface area contributed by atoms with Gasteiger partial charge in [0.2, 0.25) is 0 Å². The summed E-state index contributed by atoms with van der Waals surface area (Å²) in [7, 11) is 1.54. The first kappa shape index (κ1) is 16.7. The van der Waals surface area contributed by atoms with Crippen molar-refractivity contribution in [2.24, 2.45) is 0 Å². The Labute approximate surface area is 130 Å². The molecule has 122 valence electrons. The van der Waals surface area contributed by atoms with Gasteiger partial charge in [-0.25, -0.2) is 0 Å². The highest BCUT2D eigenvalue weighted by Gasteiger charge is 2.25. The van der Waals surface area contributed by atoms with E-state index < -0.39 is 6.10 Å². The largest absolute Gasteiger partial charge is 0.497 e. The van der Waals surface area contributed by atoms with E-state index in [-0.39, 0.29) is 19.1 Å². The third kappa shape index (κ3) is 4.40. The standard InChI is InChI=1S/C15H23N3O4/c1-22-13-3-4-16-14(9-13)15(21)18-7-6-17(5-2-8-19)10-12(20)11-18/h3-4,9,12,19-20H,2,5-8,10-11H2,1H3/t12-/m1/s1. The number of aliphatic hydroxyl groups excluding tert-OH is 2. The summed E-state index contributed by atoms with van der Waals surface area (Å²) in [6.45, 7) is 2.84. The molecule has 0 spiro atoms. The van der Waals surface area contributed by atoms with Crippen molar-refractivity contribution in [2.75, 3.05) is 46.4 Å². The minimum atomic E-state index is -0.601. The normalized spacial score (nSPS) is 19.8. The zero-order valence-electron chi connectivity index (χ0n) is 12.8. The Bertz CT molecular complexity index is 497. The SMILES string of the molecule is COc1ccnc(C(=O)N2CCN(CCCO)C[C@@H](O)C2)c1. The molecular weight excluding hydrogens is 286 g/mol. The molecule has 0 bridgehead atoms. The van der Waals surface area contributed by atoms with Gasteiger partial charge in [0, 0.05) is 51.6 Å². The van der Waals surface area contributed by atoms with E-state index >= 15 is 0 Å². The second-order valence-electron chi connectivity index (χ2n) is 5.36. The maximum atomic E-state index is 12.5. The lowest BCUT2D eigenvalue weighted by molar-refractivity contribution is 0.0657. The van der Waals surface area contributed by atoms with E-state index in [1.807, 2.05) is 0 Å². The molecule has 0 saturated carbocycles. The van der Waals surface area contributed by atoms with Crippen molar-refractivity contribution in [2.45, 2.75) is 12.5 Å². The Balaban J connectivity index is 2.03. The summed E-state index contributed by atoms with van der Waals surface area (Å²) >= 11 is 0. The number of rotatable bonds is 5. The number of ether oxygens (including phenoxy) is 1. The van der Waals surface area contributed by atoms with Crippen LogP contribution < -0.4 is 4.74 Å². The lowest BCUT2D eigenvalue weighted by atomic mass is 10.2. The van der Waals surface area contributed by atoms with Crippen LogP contribution >= 0.6 is 0 Å². The van der Waals surface area contributed by atoms with Gasteiger partial charge in [0.1, 0.15) is 11.4 Å². The predicted molar refractivity (Wildman–Crippen MR) is 80.8 cm³/mol. The number of amides is 1. The van der Waals surface area contributed by atoms with Crippen LogP contribution in [0.15, 0.2) is 18.3 Å². The number of pyridine rings is 1. The van der Waals surface area contributed by atoms with Crippen LogP contribution in [0.1, 0.15) is 16.9 Å². The summed E-state index contributed by atoms with van der Waals surface area (Å²) in [5.41, 5.74) is 0.315. The molecule has 2 N–H and O–H groups in total. The smallest absolute Gasteiger partial charge is 0.272 e. The Morgan fingerprint density at radius 3 is 3.00 bits per heavy atom. The van der Waals surface area contributed by atoms with Gasteiger partial charge in [-0.2, -0.15) is 0 Å². The van der Waals surface area contributed by atoms with Gasteiger partial charge in [-0.1, -0.05) is 0 Å². The summed E-state index contributed by atoms with van der Waals surface area (Å²) in [5.74, 6) is 0.375. The van der Waals surface area contributed by atoms with Crippen molar-refractivity contribution in [3.05, 3.63) is 24.0 Å². The molecule has 1 aromatic heterocycles. The van der Waals surface area contributed by atoms with Crippen molar-refractivity contribution < 1.29 is 19.7 Å². The minimum Gasteiger partial charge on any atom is -0.497 e. The van der Waals surface area contributed by atoms with Crippen LogP contribution in [0.4, 0.5) is 0 Å². The van der Waals surface area contributed by atoms with E-state index in [1.165, 1.54) is 13.3 Å². The van der Waals surface area contributed by atoms with Crippen LogP contribution in [0.25, 0.3) is 0 Å². The van der Waals surface area contributed by atoms with E-state index in [0.717, 1.165) is 0 Å². The Hall–Kier alpha value is -1.70. The molecule has 1 aliphatic rings. The minimum absolute atomic E-state index is 0.128. The first-order chi connectivity index (χ1) is 10.6. The molecule has 1 atom stereocenters. The third-order valence-corrected chi connectivity index (χ3v) is 3.69. The average Bonchev–Trinajstić information content (AvgIpc) is 2.73. The maximum Gasteiger partial charge on any atom is 0.272 e. The van der Waals surface area contributed by atoms with Crippen LogP contribution in [0.5, 0.6) is 5.75 Å². The fourth-order valence-corrected chi connectivity index (χ4v) is 2.55. The topological polar surface area (TPSA) is 86.1 Å². The third-order valence-electron chi connectivity index (χ3n) is 3.69. The number of carbonyl (C=O) groups is 1. The number of carbonyl (C=O) groups excluding carboxylic acids is 1. The number of methoxy groups -OCH3 is 1. The zero-order chi connectivity index (χ0) is 15.9. The van der Waals surface area contributed by atoms with Gasteiger partial charge in [0.15, 0.2) is 0 Å². The number of aromatic nitrogens is 1. The van der Waals surface area contributed by atoms with Crippen molar-refractivity contribution in [3.8, 4) is 5.75 Å². The van der Waals surface area contributed by atoms with Gasteiger partial charge >= 0.3 is 0 Å². The van der Waals surface area contributed by atoms with Crippen molar-refractivity contribution in [1.82, 2.24) is 14.8 Å². The molecule has 1 saturated heterocycles. The molecule has 0 radical (unpaired) electrons. The number of nitrogens with zero attached hydrogens (tertiary/aromatic N) is 3. The molecule has 22 heavy (non-hydrogen) atoms. The number of β-amino-alcohol motifs (C(OH)–C–C–N with tert-alkyl or cyclic N) is 1. The average molecular weight is 309 g/mol. The van der Waals surface area contributed by atoms with Crippen LogP contribution in [0.3, 0.4) is 0 Å². The second-order valence-corrected chi connectivity index (χ2v) is 5.36. The van der Waals surface area contributed by atoms with Gasteiger partial charge in [0.25, 0.3) is 5.91 Å². The molecule has 1 aliphatic heterocycles. The quantitative estimate of drug-likeness (QED) is 0.769. The van der Waals surface area contributed by atoms with Crippen molar-refractivity contribution in [1.29, 1.82) is 0 Å². The van der Waals surface area contributed by atoms with Crippen LogP contribution in [0.2, 0.25) is 0 Å². The lowest BCUT2D eigenvalue weighted by Gasteiger charge is -2.21. The summed E-state index contributed by atoms with van der Waals surface area (Å²) < 4.78 is 5.11. The Morgan fingerprint density at radius 1 is 1.45 bits per heavy atom. The van der Waals surface area contributed by atoms with Gasteiger partial charge in [-0.15, -0.1) is 0 Å². The molecular formula is C15H23N3O4. The lowest BCUT2D eigenvalue weighted by Crippen LogP contribution is -2.38. The number of hydrogen-bond acceptors (Lipinski definition) is 6. The van der Waals surface area contributed by atoms with E-state index in [2.05, 4.69) is 9.88 Å². The number of hydrogen-bond donors (Lipinski definition) is 2. The summed E-state index contributed by atoms with van der Waals surface area (Å²) in [6, 6.07) is 3.29. The maximum absolute atomic E-state index is 12.5. The van der Waals surface area contributed by atoms with E-state index in [1.54, 1.807) is 17.0 Å². The molecule has 2 heterocycles. The van der Waals surface area contributed by atoms with E-state index in [9.17, 15) is 9.90 Å². The molecule has 7 nitrogen and oxygen atoms in total. The predicted octanol–water partition coefficient (Wildman–Crippen LogP) is -0.409. The highest BCUT2D eigenvalue weighted by Crippen LogP contribution is 2.13. The summed E-state index contributed by atoms with van der Waals surface area (Å²) in [5, 5.41) is 19.0. The number of aliphatic hydroxyl groups is 2. The first-order valence-electron chi connectivity index (χ1n) is 7.44. The summed E-state index contributed by atoms with van der Waals surface area (Å²) in [6.07, 6.45) is 1.60. The fraction of sp³-hybridized carbons (Fsp3) is 0.600. The van der Waals surface area contributed by atoms with Gasteiger partial charge < -0.3 is 19.8 Å². The van der Waals surface area contributed by atoms with E-state index in [4.69, 9.17) is 9.84 Å². The summed E-state index contributed by atoms with van der Waals surface area (Å²) in [4.78, 5) is 20.3.